The molecule has 0 rings (SSSR count). The monoisotopic (exact) mass is 203 g/mol. The lowest BCUT2D eigenvalue weighted by Gasteiger charge is -2.14. The molecule has 7 N–H and O–H groups in total. The van der Waals surface area contributed by atoms with Crippen molar-refractivity contribution in [2.75, 3.05) is 13.1 Å². The second-order valence-electron chi connectivity index (χ2n) is 2.73. The first kappa shape index (κ1) is 12.5. The number of urea groups is 1. The van der Waals surface area contributed by atoms with Gasteiger partial charge in [0.1, 0.15) is 0 Å². The minimum Gasteiger partial charge on any atom is -0.409 e. The second-order valence-corrected chi connectivity index (χ2v) is 2.73. The smallest absolute Gasteiger partial charge is 0.312 e. The van der Waals surface area contributed by atoms with Gasteiger partial charge in [-0.15, -0.1) is 0 Å². The van der Waals surface area contributed by atoms with Crippen molar-refractivity contribution in [3.63, 3.8) is 0 Å². The van der Waals surface area contributed by atoms with Crippen LogP contribution in [-0.2, 0) is 0 Å². The molecule has 2 amide bonds. The van der Waals surface area contributed by atoms with E-state index in [4.69, 9.17) is 16.7 Å². The zero-order valence-electron chi connectivity index (χ0n) is 8.16. The van der Waals surface area contributed by atoms with Crippen molar-refractivity contribution in [3.8, 4) is 0 Å². The van der Waals surface area contributed by atoms with Crippen molar-refractivity contribution in [1.82, 2.24) is 10.6 Å². The molecule has 0 fully saturated rings. The van der Waals surface area contributed by atoms with Crippen LogP contribution in [0.5, 0.6) is 0 Å². The van der Waals surface area contributed by atoms with Gasteiger partial charge in [0.05, 0.1) is 6.04 Å². The van der Waals surface area contributed by atoms with Crippen LogP contribution < -0.4 is 22.1 Å². The maximum Gasteiger partial charge on any atom is 0.312 e. The van der Waals surface area contributed by atoms with E-state index in [1.807, 2.05) is 6.92 Å². The second kappa shape index (κ2) is 6.96. The predicted octanol–water partition coefficient (Wildman–Crippen LogP) is -1.23. The van der Waals surface area contributed by atoms with Crippen LogP contribution in [0, 0.1) is 0 Å². The normalized spacial score (nSPS) is 13.6. The zero-order valence-corrected chi connectivity index (χ0v) is 8.16. The Morgan fingerprint density at radius 2 is 2.14 bits per heavy atom. The number of hydrogen-bond donors (Lipinski definition) is 5. The van der Waals surface area contributed by atoms with E-state index in [9.17, 15) is 4.79 Å². The van der Waals surface area contributed by atoms with Crippen molar-refractivity contribution < 1.29 is 10.0 Å². The molecule has 1 unspecified atom stereocenters. The van der Waals surface area contributed by atoms with Gasteiger partial charge in [0.15, 0.2) is 5.84 Å². The summed E-state index contributed by atoms with van der Waals surface area (Å²) < 4.78 is 0. The Bertz CT molecular complexity index is 206. The first-order chi connectivity index (χ1) is 6.61. The molecule has 0 saturated carbocycles. The first-order valence-corrected chi connectivity index (χ1v) is 4.35. The summed E-state index contributed by atoms with van der Waals surface area (Å²) in [5.41, 5.74) is 10.3. The Morgan fingerprint density at radius 3 is 2.57 bits per heavy atom. The van der Waals surface area contributed by atoms with Gasteiger partial charge in [-0.1, -0.05) is 12.1 Å². The van der Waals surface area contributed by atoms with Crippen LogP contribution in [0.4, 0.5) is 4.79 Å². The number of primary amides is 1. The zero-order chi connectivity index (χ0) is 11.0. The standard InChI is InChI=1S/C7H17N5O2/c1-2-5(6(8)12-14)10-3-4-11-7(9)13/h5,10,14H,2-4H2,1H3,(H2,8,12)(H3,9,11,13). The number of amides is 2. The summed E-state index contributed by atoms with van der Waals surface area (Å²) in [6.07, 6.45) is 0.701. The Kier molecular flexibility index (Phi) is 6.21. The molecule has 0 aromatic carbocycles. The Morgan fingerprint density at radius 1 is 1.50 bits per heavy atom. The highest BCUT2D eigenvalue weighted by Crippen LogP contribution is 1.89. The summed E-state index contributed by atoms with van der Waals surface area (Å²) in [4.78, 5) is 10.3. The van der Waals surface area contributed by atoms with E-state index in [0.29, 0.717) is 19.5 Å². The SMILES string of the molecule is CCC(NCCNC(N)=O)C(N)=NO. The first-order valence-electron chi connectivity index (χ1n) is 4.35. The number of carbonyl (C=O) groups is 1. The molecule has 0 aromatic heterocycles. The van der Waals surface area contributed by atoms with E-state index in [-0.39, 0.29) is 11.9 Å². The van der Waals surface area contributed by atoms with Gasteiger partial charge in [0.25, 0.3) is 0 Å². The van der Waals surface area contributed by atoms with Gasteiger partial charge in [-0.05, 0) is 6.42 Å². The molecule has 0 bridgehead atoms. The van der Waals surface area contributed by atoms with Gasteiger partial charge >= 0.3 is 6.03 Å². The minimum absolute atomic E-state index is 0.131. The molecule has 7 heteroatoms. The largest absolute Gasteiger partial charge is 0.409 e. The third-order valence-corrected chi connectivity index (χ3v) is 1.70. The van der Waals surface area contributed by atoms with Crippen molar-refractivity contribution >= 4 is 11.9 Å². The number of amidine groups is 1. The van der Waals surface area contributed by atoms with Crippen LogP contribution in [0.3, 0.4) is 0 Å². The summed E-state index contributed by atoms with van der Waals surface area (Å²) >= 11 is 0. The maximum absolute atomic E-state index is 10.3. The van der Waals surface area contributed by atoms with E-state index in [1.165, 1.54) is 0 Å². The lowest BCUT2D eigenvalue weighted by atomic mass is 10.2. The molecule has 82 valence electrons. The third kappa shape index (κ3) is 5.20. The summed E-state index contributed by atoms with van der Waals surface area (Å²) in [7, 11) is 0. The van der Waals surface area contributed by atoms with Crippen LogP contribution >= 0.6 is 0 Å². The number of oxime groups is 1. The number of hydrogen-bond acceptors (Lipinski definition) is 4. The van der Waals surface area contributed by atoms with E-state index in [2.05, 4.69) is 15.8 Å². The summed E-state index contributed by atoms with van der Waals surface area (Å²) in [5.74, 6) is 0.131. The van der Waals surface area contributed by atoms with Crippen molar-refractivity contribution in [3.05, 3.63) is 0 Å². The average Bonchev–Trinajstić information content (AvgIpc) is 2.16. The van der Waals surface area contributed by atoms with Crippen LogP contribution in [0.15, 0.2) is 5.16 Å². The predicted molar refractivity (Wildman–Crippen MR) is 53.1 cm³/mol. The number of nitrogens with zero attached hydrogens (tertiary/aromatic N) is 1. The van der Waals surface area contributed by atoms with Gasteiger partial charge in [0, 0.05) is 13.1 Å². The molecule has 0 saturated heterocycles. The summed E-state index contributed by atoms with van der Waals surface area (Å²) in [6.45, 7) is 2.82. The van der Waals surface area contributed by atoms with Crippen LogP contribution in [-0.4, -0.2) is 36.2 Å². The maximum atomic E-state index is 10.3. The van der Waals surface area contributed by atoms with Gasteiger partial charge in [-0.3, -0.25) is 0 Å². The third-order valence-electron chi connectivity index (χ3n) is 1.70. The Balaban J connectivity index is 3.69. The van der Waals surface area contributed by atoms with Crippen LogP contribution in [0.2, 0.25) is 0 Å². The van der Waals surface area contributed by atoms with Gasteiger partial charge in [-0.2, -0.15) is 0 Å². The molecule has 0 spiro atoms. The Hall–Kier alpha value is -1.50. The number of nitrogens with one attached hydrogen (secondary N) is 2. The molecular formula is C7H17N5O2. The molecule has 7 nitrogen and oxygen atoms in total. The molecule has 0 aliphatic rings. The van der Waals surface area contributed by atoms with Crippen LogP contribution in [0.25, 0.3) is 0 Å². The lowest BCUT2D eigenvalue weighted by molar-refractivity contribution is 0.249. The van der Waals surface area contributed by atoms with Crippen molar-refractivity contribution in [2.24, 2.45) is 16.6 Å². The molecule has 0 heterocycles. The molecule has 1 atom stereocenters. The molecular weight excluding hydrogens is 186 g/mol. The minimum atomic E-state index is -0.566. The highest BCUT2D eigenvalue weighted by molar-refractivity contribution is 5.85. The molecule has 14 heavy (non-hydrogen) atoms. The fourth-order valence-electron chi connectivity index (χ4n) is 0.960. The quantitative estimate of drug-likeness (QED) is 0.122. The molecule has 0 aromatic rings. The Labute approximate surface area is 82.5 Å². The average molecular weight is 203 g/mol. The number of nitrogens with two attached hydrogens (primary N) is 2. The van der Waals surface area contributed by atoms with E-state index < -0.39 is 6.03 Å². The van der Waals surface area contributed by atoms with Gasteiger partial charge in [-0.25, -0.2) is 4.79 Å². The van der Waals surface area contributed by atoms with Crippen molar-refractivity contribution in [1.29, 1.82) is 0 Å². The van der Waals surface area contributed by atoms with E-state index >= 15 is 0 Å². The van der Waals surface area contributed by atoms with Crippen LogP contribution in [0.1, 0.15) is 13.3 Å². The van der Waals surface area contributed by atoms with Crippen molar-refractivity contribution in [2.45, 2.75) is 19.4 Å². The summed E-state index contributed by atoms with van der Waals surface area (Å²) in [5, 5.41) is 16.7. The lowest BCUT2D eigenvalue weighted by Crippen LogP contribution is -2.44. The molecule has 0 radical (unpaired) electrons. The van der Waals surface area contributed by atoms with Gasteiger partial charge < -0.3 is 27.3 Å². The summed E-state index contributed by atoms with van der Waals surface area (Å²) in [6, 6.07) is -0.752. The highest BCUT2D eigenvalue weighted by Gasteiger charge is 2.09. The topological polar surface area (TPSA) is 126 Å². The van der Waals surface area contributed by atoms with E-state index in [1.54, 1.807) is 0 Å². The molecule has 0 aliphatic heterocycles. The highest BCUT2D eigenvalue weighted by atomic mass is 16.4. The van der Waals surface area contributed by atoms with Gasteiger partial charge in [0.2, 0.25) is 0 Å². The fourth-order valence-corrected chi connectivity index (χ4v) is 0.960. The fraction of sp³-hybridized carbons (Fsp3) is 0.714. The number of rotatable bonds is 6. The molecule has 0 aliphatic carbocycles. The number of carbonyl (C=O) groups excluding carboxylic acids is 1. The van der Waals surface area contributed by atoms with E-state index in [0.717, 1.165) is 0 Å².